The summed E-state index contributed by atoms with van der Waals surface area (Å²) < 4.78 is 0. The maximum Gasteiger partial charge on any atom is 0.308 e. The van der Waals surface area contributed by atoms with Gasteiger partial charge in [-0.05, 0) is 44.0 Å². The van der Waals surface area contributed by atoms with Gasteiger partial charge in [0.05, 0.1) is 16.0 Å². The van der Waals surface area contributed by atoms with Gasteiger partial charge in [-0.1, -0.05) is 29.3 Å². The Balaban J connectivity index is 1.98. The van der Waals surface area contributed by atoms with Gasteiger partial charge >= 0.3 is 5.97 Å². The molecule has 0 aliphatic carbocycles. The maximum absolute atomic E-state index is 11.7. The Labute approximate surface area is 128 Å². The summed E-state index contributed by atoms with van der Waals surface area (Å²) in [5.74, 6) is -1.05. The first-order valence-electron chi connectivity index (χ1n) is 6.88. The summed E-state index contributed by atoms with van der Waals surface area (Å²) in [5.41, 5.74) is 0.997. The summed E-state index contributed by atoms with van der Waals surface area (Å²) in [4.78, 5) is 14.0. The van der Waals surface area contributed by atoms with Crippen LogP contribution < -0.4 is 0 Å². The molecule has 3 nitrogen and oxygen atoms in total. The van der Waals surface area contributed by atoms with E-state index in [2.05, 4.69) is 4.90 Å². The average molecular weight is 314 g/mol. The van der Waals surface area contributed by atoms with Crippen molar-refractivity contribution in [2.75, 3.05) is 7.05 Å². The number of carboxylic acid groups (broad SMARTS) is 1. The Bertz CT molecular complexity index is 549. The molecule has 2 aliphatic rings. The minimum atomic E-state index is -0.710. The van der Waals surface area contributed by atoms with E-state index in [1.165, 1.54) is 0 Å². The van der Waals surface area contributed by atoms with Gasteiger partial charge in [0.25, 0.3) is 0 Å². The normalized spacial score (nSPS) is 33.4. The van der Waals surface area contributed by atoms with Crippen LogP contribution in [0.4, 0.5) is 0 Å². The summed E-state index contributed by atoms with van der Waals surface area (Å²) in [6, 6.07) is 6.12. The molecule has 2 heterocycles. The quantitative estimate of drug-likeness (QED) is 0.906. The van der Waals surface area contributed by atoms with Gasteiger partial charge in [-0.15, -0.1) is 0 Å². The monoisotopic (exact) mass is 313 g/mol. The predicted octanol–water partition coefficient (Wildman–Crippen LogP) is 3.64. The van der Waals surface area contributed by atoms with Gasteiger partial charge in [0, 0.05) is 18.0 Å². The highest BCUT2D eigenvalue weighted by atomic mass is 35.5. The third kappa shape index (κ3) is 2.22. The summed E-state index contributed by atoms with van der Waals surface area (Å²) in [7, 11) is 2.04. The third-order valence-corrected chi connectivity index (χ3v) is 5.66. The molecule has 0 saturated carbocycles. The van der Waals surface area contributed by atoms with Crippen molar-refractivity contribution < 1.29 is 9.90 Å². The van der Waals surface area contributed by atoms with E-state index in [0.29, 0.717) is 16.1 Å². The van der Waals surface area contributed by atoms with Crippen molar-refractivity contribution in [3.8, 4) is 0 Å². The van der Waals surface area contributed by atoms with E-state index in [1.54, 1.807) is 6.07 Å². The molecule has 1 aromatic rings. The van der Waals surface area contributed by atoms with Crippen LogP contribution in [0, 0.1) is 5.92 Å². The number of halogens is 2. The molecule has 2 bridgehead atoms. The second kappa shape index (κ2) is 5.21. The smallest absolute Gasteiger partial charge is 0.308 e. The van der Waals surface area contributed by atoms with Crippen LogP contribution in [0.15, 0.2) is 18.2 Å². The molecule has 0 radical (unpaired) electrons. The van der Waals surface area contributed by atoms with E-state index in [1.807, 2.05) is 19.2 Å². The number of benzene rings is 1. The molecule has 2 unspecified atom stereocenters. The summed E-state index contributed by atoms with van der Waals surface area (Å²) in [5, 5.41) is 10.7. The SMILES string of the molecule is CN1C2CCC1[C@@H](C(=O)O)[C@@H](c1ccc(Cl)c(Cl)c1)C2. The molecule has 1 N–H and O–H groups in total. The minimum absolute atomic E-state index is 0.0240. The van der Waals surface area contributed by atoms with Crippen LogP contribution in [-0.4, -0.2) is 35.1 Å². The van der Waals surface area contributed by atoms with Gasteiger partial charge in [-0.25, -0.2) is 0 Å². The highest BCUT2D eigenvalue weighted by molar-refractivity contribution is 6.42. The molecule has 5 heteroatoms. The lowest BCUT2D eigenvalue weighted by Crippen LogP contribution is -2.48. The minimum Gasteiger partial charge on any atom is -0.481 e. The zero-order valence-corrected chi connectivity index (χ0v) is 12.7. The first-order chi connectivity index (χ1) is 9.49. The van der Waals surface area contributed by atoms with E-state index in [-0.39, 0.29) is 17.9 Å². The second-order valence-corrected chi connectivity index (χ2v) is 6.66. The van der Waals surface area contributed by atoms with Crippen LogP contribution in [-0.2, 0) is 4.79 Å². The van der Waals surface area contributed by atoms with E-state index in [9.17, 15) is 9.90 Å². The molecular weight excluding hydrogens is 297 g/mol. The molecule has 0 aromatic heterocycles. The van der Waals surface area contributed by atoms with E-state index < -0.39 is 5.97 Å². The first-order valence-corrected chi connectivity index (χ1v) is 7.64. The van der Waals surface area contributed by atoms with Gasteiger partial charge in [0.2, 0.25) is 0 Å². The van der Waals surface area contributed by atoms with Crippen molar-refractivity contribution in [1.82, 2.24) is 4.90 Å². The predicted molar refractivity (Wildman–Crippen MR) is 79.5 cm³/mol. The summed E-state index contributed by atoms with van der Waals surface area (Å²) >= 11 is 12.0. The average Bonchev–Trinajstić information content (AvgIpc) is 2.63. The van der Waals surface area contributed by atoms with Crippen molar-refractivity contribution in [2.24, 2.45) is 5.92 Å². The second-order valence-electron chi connectivity index (χ2n) is 5.84. The Morgan fingerprint density at radius 1 is 1.30 bits per heavy atom. The Hall–Kier alpha value is -0.770. The zero-order valence-electron chi connectivity index (χ0n) is 11.2. The van der Waals surface area contributed by atoms with E-state index >= 15 is 0 Å². The topological polar surface area (TPSA) is 40.5 Å². The number of hydrogen-bond donors (Lipinski definition) is 1. The number of piperidine rings is 1. The Kier molecular flexibility index (Phi) is 3.69. The molecule has 2 aliphatic heterocycles. The molecule has 20 heavy (non-hydrogen) atoms. The molecule has 1 aromatic carbocycles. The fourth-order valence-corrected chi connectivity index (χ4v) is 4.20. The summed E-state index contributed by atoms with van der Waals surface area (Å²) in [6.45, 7) is 0. The fourth-order valence-electron chi connectivity index (χ4n) is 3.89. The van der Waals surface area contributed by atoms with Crippen LogP contribution >= 0.6 is 23.2 Å². The fraction of sp³-hybridized carbons (Fsp3) is 0.533. The van der Waals surface area contributed by atoms with Crippen LogP contribution in [0.1, 0.15) is 30.7 Å². The lowest BCUT2D eigenvalue weighted by Gasteiger charge is -2.41. The van der Waals surface area contributed by atoms with Crippen LogP contribution in [0.5, 0.6) is 0 Å². The van der Waals surface area contributed by atoms with Gasteiger partial charge in [0.15, 0.2) is 0 Å². The van der Waals surface area contributed by atoms with E-state index in [4.69, 9.17) is 23.2 Å². The number of hydrogen-bond acceptors (Lipinski definition) is 2. The number of carbonyl (C=O) groups is 1. The molecule has 0 spiro atoms. The Morgan fingerprint density at radius 3 is 2.70 bits per heavy atom. The lowest BCUT2D eigenvalue weighted by atomic mass is 9.76. The van der Waals surface area contributed by atoms with Gasteiger partial charge < -0.3 is 5.11 Å². The summed E-state index contributed by atoms with van der Waals surface area (Å²) in [6.07, 6.45) is 2.93. The van der Waals surface area contributed by atoms with Crippen molar-refractivity contribution in [2.45, 2.75) is 37.3 Å². The number of nitrogens with zero attached hydrogens (tertiary/aromatic N) is 1. The number of rotatable bonds is 2. The van der Waals surface area contributed by atoms with Crippen molar-refractivity contribution in [3.05, 3.63) is 33.8 Å². The number of aliphatic carboxylic acids is 1. The van der Waals surface area contributed by atoms with Gasteiger partial charge in [-0.3, -0.25) is 9.69 Å². The molecule has 4 atom stereocenters. The zero-order chi connectivity index (χ0) is 14.4. The molecule has 0 amide bonds. The first kappa shape index (κ1) is 14.2. The molecule has 2 saturated heterocycles. The van der Waals surface area contributed by atoms with Crippen LogP contribution in [0.2, 0.25) is 10.0 Å². The Morgan fingerprint density at radius 2 is 2.05 bits per heavy atom. The van der Waals surface area contributed by atoms with Crippen LogP contribution in [0.3, 0.4) is 0 Å². The molecule has 108 valence electrons. The number of fused-ring (bicyclic) bond motifs is 2. The lowest BCUT2D eigenvalue weighted by molar-refractivity contribution is -0.146. The highest BCUT2D eigenvalue weighted by Gasteiger charge is 2.49. The van der Waals surface area contributed by atoms with Crippen molar-refractivity contribution in [3.63, 3.8) is 0 Å². The highest BCUT2D eigenvalue weighted by Crippen LogP contribution is 2.46. The molecule has 3 rings (SSSR count). The van der Waals surface area contributed by atoms with Gasteiger partial charge in [-0.2, -0.15) is 0 Å². The largest absolute Gasteiger partial charge is 0.481 e. The molecular formula is C15H17Cl2NO2. The maximum atomic E-state index is 11.7. The van der Waals surface area contributed by atoms with E-state index in [0.717, 1.165) is 24.8 Å². The van der Waals surface area contributed by atoms with Crippen LogP contribution in [0.25, 0.3) is 0 Å². The van der Waals surface area contributed by atoms with Crippen molar-refractivity contribution in [1.29, 1.82) is 0 Å². The standard InChI is InChI=1S/C15H17Cl2NO2/c1-18-9-3-5-13(18)14(15(19)20)10(7-9)8-2-4-11(16)12(17)6-8/h2,4,6,9-10,13-14H,3,5,7H2,1H3,(H,19,20)/t9?,10-,13?,14+/m1/s1. The van der Waals surface area contributed by atoms with Gasteiger partial charge in [0.1, 0.15) is 0 Å². The third-order valence-electron chi connectivity index (χ3n) is 4.93. The van der Waals surface area contributed by atoms with Crippen molar-refractivity contribution >= 4 is 29.2 Å². The molecule has 2 fully saturated rings. The number of carboxylic acids is 1.